The first-order chi connectivity index (χ1) is 8.69. The lowest BCUT2D eigenvalue weighted by Gasteiger charge is -2.10. The third-order valence-electron chi connectivity index (χ3n) is 2.35. The highest BCUT2D eigenvalue weighted by molar-refractivity contribution is 5.91. The molecule has 5 heteroatoms. The van der Waals surface area contributed by atoms with Gasteiger partial charge in [-0.15, -0.1) is 0 Å². The van der Waals surface area contributed by atoms with Gasteiger partial charge >= 0.3 is 5.97 Å². The minimum Gasteiger partial charge on any atom is -0.462 e. The average molecular weight is 252 g/mol. The van der Waals surface area contributed by atoms with E-state index in [0.717, 1.165) is 12.1 Å². The summed E-state index contributed by atoms with van der Waals surface area (Å²) in [5.41, 5.74) is 7.65. The van der Waals surface area contributed by atoms with Gasteiger partial charge in [0.25, 0.3) is 0 Å². The van der Waals surface area contributed by atoms with Crippen LogP contribution in [0.25, 0.3) is 0 Å². The SMILES string of the molecule is CCCOC(=O)c1ccc(NCCOC)c(N)c1. The monoisotopic (exact) mass is 252 g/mol. The second-order valence-electron chi connectivity index (χ2n) is 3.86. The fourth-order valence-corrected chi connectivity index (χ4v) is 1.42. The van der Waals surface area contributed by atoms with E-state index in [1.807, 2.05) is 6.92 Å². The molecule has 0 spiro atoms. The number of carbonyl (C=O) groups excluding carboxylic acids is 1. The number of nitrogens with two attached hydrogens (primary N) is 1. The number of anilines is 2. The standard InChI is InChI=1S/C13H20N2O3/c1-3-7-18-13(16)10-4-5-12(11(14)9-10)15-6-8-17-2/h4-5,9,15H,3,6-8,14H2,1-2H3. The van der Waals surface area contributed by atoms with E-state index in [-0.39, 0.29) is 5.97 Å². The molecule has 0 unspecified atom stereocenters. The summed E-state index contributed by atoms with van der Waals surface area (Å²) in [4.78, 5) is 11.6. The molecule has 0 heterocycles. The zero-order valence-corrected chi connectivity index (χ0v) is 10.9. The Morgan fingerprint density at radius 2 is 2.17 bits per heavy atom. The van der Waals surface area contributed by atoms with Crippen molar-refractivity contribution >= 4 is 17.3 Å². The maximum Gasteiger partial charge on any atom is 0.338 e. The number of hydrogen-bond acceptors (Lipinski definition) is 5. The lowest BCUT2D eigenvalue weighted by atomic mass is 10.1. The van der Waals surface area contributed by atoms with Crippen molar-refractivity contribution in [2.75, 3.05) is 37.9 Å². The molecular formula is C13H20N2O3. The molecule has 0 aromatic heterocycles. The predicted molar refractivity (Wildman–Crippen MR) is 71.8 cm³/mol. The first-order valence-electron chi connectivity index (χ1n) is 5.98. The lowest BCUT2D eigenvalue weighted by Crippen LogP contribution is -2.11. The van der Waals surface area contributed by atoms with Gasteiger partial charge < -0.3 is 20.5 Å². The van der Waals surface area contributed by atoms with E-state index in [4.69, 9.17) is 15.2 Å². The third kappa shape index (κ3) is 4.25. The molecule has 1 aromatic rings. The highest BCUT2D eigenvalue weighted by Gasteiger charge is 2.08. The molecule has 0 aliphatic heterocycles. The van der Waals surface area contributed by atoms with Gasteiger partial charge in [0.2, 0.25) is 0 Å². The van der Waals surface area contributed by atoms with Crippen molar-refractivity contribution in [2.24, 2.45) is 0 Å². The van der Waals surface area contributed by atoms with Gasteiger partial charge in [0.05, 0.1) is 30.2 Å². The van der Waals surface area contributed by atoms with E-state index < -0.39 is 0 Å². The van der Waals surface area contributed by atoms with Gasteiger partial charge in [0.15, 0.2) is 0 Å². The van der Waals surface area contributed by atoms with Gasteiger partial charge in [-0.3, -0.25) is 0 Å². The molecule has 0 aliphatic rings. The van der Waals surface area contributed by atoms with Crippen molar-refractivity contribution < 1.29 is 14.3 Å². The van der Waals surface area contributed by atoms with Crippen molar-refractivity contribution in [3.8, 4) is 0 Å². The summed E-state index contributed by atoms with van der Waals surface area (Å²) in [5.74, 6) is -0.341. The van der Waals surface area contributed by atoms with Gasteiger partial charge in [-0.1, -0.05) is 6.92 Å². The number of esters is 1. The Morgan fingerprint density at radius 3 is 2.78 bits per heavy atom. The maximum atomic E-state index is 11.6. The molecule has 1 rings (SSSR count). The summed E-state index contributed by atoms with van der Waals surface area (Å²) in [6.45, 7) is 3.64. The number of methoxy groups -OCH3 is 1. The Morgan fingerprint density at radius 1 is 1.39 bits per heavy atom. The van der Waals surface area contributed by atoms with Gasteiger partial charge in [0, 0.05) is 13.7 Å². The number of benzene rings is 1. The Labute approximate surface area is 107 Å². The minimum atomic E-state index is -0.341. The molecule has 100 valence electrons. The largest absolute Gasteiger partial charge is 0.462 e. The second-order valence-corrected chi connectivity index (χ2v) is 3.86. The fraction of sp³-hybridized carbons (Fsp3) is 0.462. The second kappa shape index (κ2) is 7.55. The third-order valence-corrected chi connectivity index (χ3v) is 2.35. The molecule has 18 heavy (non-hydrogen) atoms. The molecule has 0 fully saturated rings. The topological polar surface area (TPSA) is 73.6 Å². The smallest absolute Gasteiger partial charge is 0.338 e. The van der Waals surface area contributed by atoms with Crippen molar-refractivity contribution in [3.05, 3.63) is 23.8 Å². The minimum absolute atomic E-state index is 0.341. The summed E-state index contributed by atoms with van der Waals surface area (Å²) in [7, 11) is 1.64. The van der Waals surface area contributed by atoms with Crippen LogP contribution in [0.5, 0.6) is 0 Å². The molecule has 0 atom stereocenters. The summed E-state index contributed by atoms with van der Waals surface area (Å²) in [6, 6.07) is 5.09. The predicted octanol–water partition coefficient (Wildman–Crippen LogP) is 1.89. The molecule has 0 radical (unpaired) electrons. The number of nitrogen functional groups attached to an aromatic ring is 1. The van der Waals surface area contributed by atoms with Gasteiger partial charge in [-0.05, 0) is 24.6 Å². The Balaban J connectivity index is 2.63. The van der Waals surface area contributed by atoms with Crippen molar-refractivity contribution in [1.82, 2.24) is 0 Å². The molecule has 3 N–H and O–H groups in total. The number of nitrogens with one attached hydrogen (secondary N) is 1. The molecule has 0 saturated carbocycles. The molecule has 1 aromatic carbocycles. The van der Waals surface area contributed by atoms with Crippen LogP contribution < -0.4 is 11.1 Å². The summed E-state index contributed by atoms with van der Waals surface area (Å²) >= 11 is 0. The van der Waals surface area contributed by atoms with E-state index in [1.165, 1.54) is 0 Å². The Bertz CT molecular complexity index is 394. The molecule has 0 aliphatic carbocycles. The molecule has 5 nitrogen and oxygen atoms in total. The van der Waals surface area contributed by atoms with Crippen LogP contribution in [0.4, 0.5) is 11.4 Å². The van der Waals surface area contributed by atoms with Crippen LogP contribution in [0.15, 0.2) is 18.2 Å². The summed E-state index contributed by atoms with van der Waals surface area (Å²) in [6.07, 6.45) is 0.803. The number of rotatable bonds is 7. The van der Waals surface area contributed by atoms with Crippen LogP contribution >= 0.6 is 0 Å². The molecule has 0 amide bonds. The van der Waals surface area contributed by atoms with Crippen LogP contribution in [-0.2, 0) is 9.47 Å². The quantitative estimate of drug-likeness (QED) is 0.440. The van der Waals surface area contributed by atoms with Crippen LogP contribution in [0, 0.1) is 0 Å². The molecule has 0 saturated heterocycles. The Kier molecular flexibility index (Phi) is 6.00. The molecule has 0 bridgehead atoms. The maximum absolute atomic E-state index is 11.6. The summed E-state index contributed by atoms with van der Waals surface area (Å²) < 4.78 is 9.97. The van der Waals surface area contributed by atoms with Crippen LogP contribution in [-0.4, -0.2) is 32.8 Å². The van der Waals surface area contributed by atoms with Gasteiger partial charge in [0.1, 0.15) is 0 Å². The fourth-order valence-electron chi connectivity index (χ4n) is 1.42. The van der Waals surface area contributed by atoms with E-state index in [2.05, 4.69) is 5.32 Å². The van der Waals surface area contributed by atoms with Crippen LogP contribution in [0.2, 0.25) is 0 Å². The van der Waals surface area contributed by atoms with Crippen molar-refractivity contribution in [1.29, 1.82) is 0 Å². The summed E-state index contributed by atoms with van der Waals surface area (Å²) in [5, 5.41) is 3.12. The average Bonchev–Trinajstić information content (AvgIpc) is 2.38. The highest BCUT2D eigenvalue weighted by atomic mass is 16.5. The van der Waals surface area contributed by atoms with E-state index >= 15 is 0 Å². The van der Waals surface area contributed by atoms with Crippen molar-refractivity contribution in [2.45, 2.75) is 13.3 Å². The highest BCUT2D eigenvalue weighted by Crippen LogP contribution is 2.20. The van der Waals surface area contributed by atoms with Crippen LogP contribution in [0.3, 0.4) is 0 Å². The number of hydrogen-bond donors (Lipinski definition) is 2. The number of carbonyl (C=O) groups is 1. The zero-order chi connectivity index (χ0) is 13.4. The molecular weight excluding hydrogens is 232 g/mol. The van der Waals surface area contributed by atoms with Gasteiger partial charge in [-0.25, -0.2) is 4.79 Å². The Hall–Kier alpha value is -1.75. The lowest BCUT2D eigenvalue weighted by molar-refractivity contribution is 0.0505. The van der Waals surface area contributed by atoms with E-state index in [9.17, 15) is 4.79 Å². The van der Waals surface area contributed by atoms with E-state index in [0.29, 0.717) is 31.0 Å². The normalized spacial score (nSPS) is 10.1. The first kappa shape index (κ1) is 14.3. The van der Waals surface area contributed by atoms with Gasteiger partial charge in [-0.2, -0.15) is 0 Å². The van der Waals surface area contributed by atoms with Crippen LogP contribution in [0.1, 0.15) is 23.7 Å². The van der Waals surface area contributed by atoms with Crippen molar-refractivity contribution in [3.63, 3.8) is 0 Å². The first-order valence-corrected chi connectivity index (χ1v) is 5.98. The van der Waals surface area contributed by atoms with E-state index in [1.54, 1.807) is 25.3 Å². The zero-order valence-electron chi connectivity index (χ0n) is 10.9. The number of ether oxygens (including phenoxy) is 2.